The number of hydrogen-bond donors (Lipinski definition) is 1. The zero-order chi connectivity index (χ0) is 24.4. The zero-order valence-electron chi connectivity index (χ0n) is 19.3. The van der Waals surface area contributed by atoms with Crippen LogP contribution in [0.2, 0.25) is 0 Å². The predicted molar refractivity (Wildman–Crippen MR) is 123 cm³/mol. The number of nitrogens with zero attached hydrogens (tertiary/aromatic N) is 6. The number of anilines is 2. The Bertz CT molecular complexity index is 1330. The van der Waals surface area contributed by atoms with Crippen molar-refractivity contribution in [3.8, 4) is 11.5 Å². The lowest BCUT2D eigenvalue weighted by Gasteiger charge is -2.08. The van der Waals surface area contributed by atoms with Crippen LogP contribution in [0.4, 0.5) is 20.5 Å². The molecule has 0 saturated heterocycles. The molecular formula is C23H25F2N7O2. The van der Waals surface area contributed by atoms with Crippen molar-refractivity contribution in [3.63, 3.8) is 0 Å². The van der Waals surface area contributed by atoms with E-state index in [1.54, 1.807) is 48.3 Å². The molecule has 178 valence electrons. The first-order chi connectivity index (χ1) is 16.2. The number of hydrogen-bond acceptors (Lipinski definition) is 7. The van der Waals surface area contributed by atoms with Crippen LogP contribution in [-0.4, -0.2) is 41.5 Å². The van der Waals surface area contributed by atoms with Crippen LogP contribution in [0, 0.1) is 0 Å². The van der Waals surface area contributed by atoms with E-state index >= 15 is 0 Å². The summed E-state index contributed by atoms with van der Waals surface area (Å²) < 4.78 is 34.9. The number of aryl methyl sites for hydroxylation is 1. The number of carbonyl (C=O) groups excluding carboxylic acids is 1. The zero-order valence-corrected chi connectivity index (χ0v) is 19.3. The lowest BCUT2D eigenvalue weighted by Crippen LogP contribution is -2.12. The number of halogens is 2. The van der Waals surface area contributed by atoms with Gasteiger partial charge in [-0.15, -0.1) is 0 Å². The number of alkyl halides is 2. The summed E-state index contributed by atoms with van der Waals surface area (Å²) in [4.78, 5) is 24.4. The molecule has 9 nitrogen and oxygen atoms in total. The number of Topliss-reactive ketones (excluding diaryl/α,β-unsaturated/α-hetero) is 1. The molecule has 0 spiro atoms. The molecule has 4 aromatic rings. The number of aromatic nitrogens is 6. The Hall–Kier alpha value is -3.89. The standard InChI is InChI=1S/C23H25F2N7O2/c1-13(2)18-10-21(30-32(18)12-20(24)25)28-23-29-22-19(31(23)4)9-17(11-27-22)34-16-5-6-26-15(8-16)7-14(3)33/h5-6,8-11,13,20H,7,12H2,1-4H3,(H,27,28,29,30). The summed E-state index contributed by atoms with van der Waals surface area (Å²) in [7, 11) is 1.81. The summed E-state index contributed by atoms with van der Waals surface area (Å²) >= 11 is 0. The number of pyridine rings is 2. The second-order valence-electron chi connectivity index (χ2n) is 8.28. The molecule has 0 fully saturated rings. The maximum Gasteiger partial charge on any atom is 0.257 e. The largest absolute Gasteiger partial charge is 0.456 e. The number of rotatable bonds is 9. The summed E-state index contributed by atoms with van der Waals surface area (Å²) in [6, 6.07) is 6.95. The molecule has 0 atom stereocenters. The molecule has 11 heteroatoms. The molecule has 0 bridgehead atoms. The number of fused-ring (bicyclic) bond motifs is 1. The van der Waals surface area contributed by atoms with Gasteiger partial charge in [-0.3, -0.25) is 14.5 Å². The van der Waals surface area contributed by atoms with Crippen molar-refractivity contribution in [2.45, 2.75) is 46.1 Å². The van der Waals surface area contributed by atoms with Gasteiger partial charge in [0.15, 0.2) is 11.5 Å². The van der Waals surface area contributed by atoms with E-state index in [2.05, 4.69) is 25.4 Å². The Kier molecular flexibility index (Phi) is 6.53. The first-order valence-electron chi connectivity index (χ1n) is 10.8. The Morgan fingerprint density at radius 1 is 1.18 bits per heavy atom. The summed E-state index contributed by atoms with van der Waals surface area (Å²) in [6.45, 7) is 4.89. The van der Waals surface area contributed by atoms with Crippen molar-refractivity contribution in [3.05, 3.63) is 48.0 Å². The molecule has 0 unspecified atom stereocenters. The van der Waals surface area contributed by atoms with Crippen LogP contribution in [-0.2, 0) is 24.8 Å². The summed E-state index contributed by atoms with van der Waals surface area (Å²) in [5.41, 5.74) is 2.52. The molecule has 0 aliphatic carbocycles. The fourth-order valence-electron chi connectivity index (χ4n) is 3.57. The first-order valence-corrected chi connectivity index (χ1v) is 10.8. The molecule has 0 aliphatic heterocycles. The highest BCUT2D eigenvalue weighted by molar-refractivity contribution is 5.78. The van der Waals surface area contributed by atoms with Crippen molar-refractivity contribution in [2.75, 3.05) is 5.32 Å². The van der Waals surface area contributed by atoms with Crippen LogP contribution in [0.15, 0.2) is 36.7 Å². The Labute approximate surface area is 194 Å². The third kappa shape index (κ3) is 5.19. The molecule has 4 aromatic heterocycles. The maximum atomic E-state index is 12.9. The van der Waals surface area contributed by atoms with E-state index in [1.807, 2.05) is 13.8 Å². The van der Waals surface area contributed by atoms with Crippen LogP contribution in [0.25, 0.3) is 11.2 Å². The van der Waals surface area contributed by atoms with Crippen LogP contribution in [0.5, 0.6) is 11.5 Å². The molecule has 1 N–H and O–H groups in total. The summed E-state index contributed by atoms with van der Waals surface area (Å²) in [5.74, 6) is 1.97. The van der Waals surface area contributed by atoms with Crippen LogP contribution < -0.4 is 10.1 Å². The lowest BCUT2D eigenvalue weighted by atomic mass is 10.1. The molecule has 0 aromatic carbocycles. The third-order valence-electron chi connectivity index (χ3n) is 5.12. The van der Waals surface area contributed by atoms with Gasteiger partial charge in [0.25, 0.3) is 6.43 Å². The topological polar surface area (TPSA) is 99.7 Å². The van der Waals surface area contributed by atoms with Gasteiger partial charge in [-0.25, -0.2) is 13.8 Å². The number of nitrogens with one attached hydrogen (secondary N) is 1. The smallest absolute Gasteiger partial charge is 0.257 e. The lowest BCUT2D eigenvalue weighted by molar-refractivity contribution is -0.116. The minimum Gasteiger partial charge on any atom is -0.456 e. The Morgan fingerprint density at radius 2 is 1.97 bits per heavy atom. The fraction of sp³-hybridized carbons (Fsp3) is 0.348. The normalized spacial score (nSPS) is 11.5. The van der Waals surface area contributed by atoms with E-state index in [-0.39, 0.29) is 18.1 Å². The van der Waals surface area contributed by atoms with E-state index in [1.165, 1.54) is 11.6 Å². The van der Waals surface area contributed by atoms with Gasteiger partial charge in [0, 0.05) is 43.6 Å². The average molecular weight is 469 g/mol. The van der Waals surface area contributed by atoms with Gasteiger partial charge in [0.05, 0.1) is 17.4 Å². The molecule has 4 rings (SSSR count). The SMILES string of the molecule is CC(=O)Cc1cc(Oc2cnc3nc(Nc4cc(C(C)C)n(CC(F)F)n4)n(C)c3c2)ccn1. The number of imidazole rings is 1. The number of ether oxygens (including phenoxy) is 1. The number of carbonyl (C=O) groups is 1. The Balaban J connectivity index is 1.58. The van der Waals surface area contributed by atoms with E-state index in [9.17, 15) is 13.6 Å². The second kappa shape index (κ2) is 9.54. The fourth-order valence-corrected chi connectivity index (χ4v) is 3.57. The van der Waals surface area contributed by atoms with Crippen LogP contribution >= 0.6 is 0 Å². The molecule has 0 amide bonds. The number of ketones is 1. The monoisotopic (exact) mass is 469 g/mol. The molecule has 0 aliphatic rings. The summed E-state index contributed by atoms with van der Waals surface area (Å²) in [6.07, 6.45) is 0.877. The Morgan fingerprint density at radius 3 is 2.68 bits per heavy atom. The van der Waals surface area contributed by atoms with E-state index < -0.39 is 13.0 Å². The van der Waals surface area contributed by atoms with Crippen molar-refractivity contribution in [2.24, 2.45) is 7.05 Å². The van der Waals surface area contributed by atoms with Gasteiger partial charge in [0.1, 0.15) is 23.8 Å². The molecule has 4 heterocycles. The third-order valence-corrected chi connectivity index (χ3v) is 5.12. The van der Waals surface area contributed by atoms with E-state index in [4.69, 9.17) is 4.74 Å². The quantitative estimate of drug-likeness (QED) is 0.382. The summed E-state index contributed by atoms with van der Waals surface area (Å²) in [5, 5.41) is 7.38. The van der Waals surface area contributed by atoms with Crippen molar-refractivity contribution in [1.82, 2.24) is 29.3 Å². The highest BCUT2D eigenvalue weighted by Crippen LogP contribution is 2.27. The van der Waals surface area contributed by atoms with Gasteiger partial charge < -0.3 is 14.6 Å². The van der Waals surface area contributed by atoms with Crippen LogP contribution in [0.3, 0.4) is 0 Å². The van der Waals surface area contributed by atoms with Crippen molar-refractivity contribution >= 4 is 28.7 Å². The molecule has 0 radical (unpaired) electrons. The van der Waals surface area contributed by atoms with Gasteiger partial charge >= 0.3 is 0 Å². The van der Waals surface area contributed by atoms with Crippen LogP contribution in [0.1, 0.15) is 38.1 Å². The maximum absolute atomic E-state index is 12.9. The van der Waals surface area contributed by atoms with Crippen molar-refractivity contribution < 1.29 is 18.3 Å². The van der Waals surface area contributed by atoms with E-state index in [0.717, 1.165) is 0 Å². The molecule has 34 heavy (non-hydrogen) atoms. The van der Waals surface area contributed by atoms with Gasteiger partial charge in [-0.05, 0) is 18.9 Å². The predicted octanol–water partition coefficient (Wildman–Crippen LogP) is 4.62. The van der Waals surface area contributed by atoms with Crippen molar-refractivity contribution in [1.29, 1.82) is 0 Å². The minimum atomic E-state index is -2.50. The van der Waals surface area contributed by atoms with E-state index in [0.29, 0.717) is 45.8 Å². The second-order valence-corrected chi connectivity index (χ2v) is 8.28. The molecule has 0 saturated carbocycles. The first kappa shape index (κ1) is 23.3. The van der Waals surface area contributed by atoms with Gasteiger partial charge in [0.2, 0.25) is 5.95 Å². The highest BCUT2D eigenvalue weighted by atomic mass is 19.3. The van der Waals surface area contributed by atoms with Gasteiger partial charge in [-0.1, -0.05) is 13.8 Å². The molecular weight excluding hydrogens is 444 g/mol. The highest BCUT2D eigenvalue weighted by Gasteiger charge is 2.17. The minimum absolute atomic E-state index is 0.0159. The van der Waals surface area contributed by atoms with Gasteiger partial charge in [-0.2, -0.15) is 10.1 Å². The average Bonchev–Trinajstić information content (AvgIpc) is 3.28.